The van der Waals surface area contributed by atoms with Gasteiger partial charge in [-0.15, -0.1) is 0 Å². The number of nitrogens with zero attached hydrogens (tertiary/aromatic N) is 1. The first kappa shape index (κ1) is 23.9. The molecule has 0 spiro atoms. The number of amides is 1. The Morgan fingerprint density at radius 2 is 1.67 bits per heavy atom. The zero-order chi connectivity index (χ0) is 24.9. The average Bonchev–Trinajstić information content (AvgIpc) is 3.56. The molecule has 1 heterocycles. The summed E-state index contributed by atoms with van der Waals surface area (Å²) in [4.78, 5) is 28.2. The molecule has 0 unspecified atom stereocenters. The van der Waals surface area contributed by atoms with Crippen LogP contribution in [0.2, 0.25) is 0 Å². The molecule has 7 nitrogen and oxygen atoms in total. The third-order valence-electron chi connectivity index (χ3n) is 6.92. The number of carbonyl (C=O) groups is 2. The lowest BCUT2D eigenvalue weighted by atomic mass is 10.0. The van der Waals surface area contributed by atoms with Crippen molar-refractivity contribution < 1.29 is 14.3 Å². The molecule has 3 aromatic rings. The predicted molar refractivity (Wildman–Crippen MR) is 144 cm³/mol. The quantitative estimate of drug-likeness (QED) is 0.381. The number of ketones is 1. The Morgan fingerprint density at radius 1 is 0.917 bits per heavy atom. The highest BCUT2D eigenvalue weighted by Gasteiger charge is 2.27. The fraction of sp³-hybridized carbons (Fsp3) is 0.310. The first-order valence-corrected chi connectivity index (χ1v) is 12.6. The molecule has 2 aliphatic rings. The summed E-state index contributed by atoms with van der Waals surface area (Å²) in [5.41, 5.74) is 5.28. The van der Waals surface area contributed by atoms with Crippen LogP contribution >= 0.6 is 0 Å². The third kappa shape index (κ3) is 5.21. The van der Waals surface area contributed by atoms with E-state index in [1.807, 2.05) is 54.6 Å². The molecular formula is C29H32N4O3. The highest BCUT2D eigenvalue weighted by Crippen LogP contribution is 2.37. The molecule has 36 heavy (non-hydrogen) atoms. The molecule has 1 fully saturated rings. The van der Waals surface area contributed by atoms with Gasteiger partial charge in [-0.3, -0.25) is 9.59 Å². The smallest absolute Gasteiger partial charge is 0.255 e. The number of nitrogens with one attached hydrogen (secondary N) is 3. The summed E-state index contributed by atoms with van der Waals surface area (Å²) in [6.45, 7) is 4.29. The van der Waals surface area contributed by atoms with Crippen LogP contribution in [0.25, 0.3) is 0 Å². The van der Waals surface area contributed by atoms with Gasteiger partial charge in [-0.25, -0.2) is 0 Å². The van der Waals surface area contributed by atoms with Gasteiger partial charge in [0.05, 0.1) is 18.5 Å². The molecule has 5 rings (SSSR count). The van der Waals surface area contributed by atoms with Gasteiger partial charge >= 0.3 is 0 Å². The number of anilines is 4. The van der Waals surface area contributed by atoms with Crippen LogP contribution in [0.4, 0.5) is 22.7 Å². The van der Waals surface area contributed by atoms with E-state index < -0.39 is 0 Å². The Kier molecular flexibility index (Phi) is 7.18. The van der Waals surface area contributed by atoms with Gasteiger partial charge in [-0.1, -0.05) is 12.1 Å². The van der Waals surface area contributed by atoms with E-state index in [2.05, 4.69) is 20.9 Å². The van der Waals surface area contributed by atoms with E-state index in [0.717, 1.165) is 41.5 Å². The van der Waals surface area contributed by atoms with Crippen molar-refractivity contribution in [3.63, 3.8) is 0 Å². The molecule has 0 atom stereocenters. The van der Waals surface area contributed by atoms with Crippen molar-refractivity contribution >= 4 is 34.4 Å². The molecule has 0 bridgehead atoms. The number of Topliss-reactive ketones (excluding diaryl/α,β-unsaturated/α-hetero) is 1. The Hall–Kier alpha value is -3.84. The van der Waals surface area contributed by atoms with Gasteiger partial charge in [0.2, 0.25) is 0 Å². The van der Waals surface area contributed by atoms with Crippen molar-refractivity contribution in [1.29, 1.82) is 0 Å². The van der Waals surface area contributed by atoms with Gasteiger partial charge in [-0.2, -0.15) is 0 Å². The van der Waals surface area contributed by atoms with Gasteiger partial charge in [0.1, 0.15) is 5.75 Å². The zero-order valence-electron chi connectivity index (χ0n) is 20.6. The average molecular weight is 485 g/mol. The maximum atomic E-state index is 13.0. The second kappa shape index (κ2) is 10.8. The molecule has 3 N–H and O–H groups in total. The SMILES string of the molecule is COc1ccccc1Nc1ccc(NC(=O)c2ccc(NCCN3CCCC3)cc2)c2c1CCC2=O. The van der Waals surface area contributed by atoms with E-state index in [0.29, 0.717) is 29.7 Å². The number of hydrogen-bond acceptors (Lipinski definition) is 6. The summed E-state index contributed by atoms with van der Waals surface area (Å²) in [5.74, 6) is 0.536. The van der Waals surface area contributed by atoms with Gasteiger partial charge in [0.15, 0.2) is 5.78 Å². The van der Waals surface area contributed by atoms with E-state index in [9.17, 15) is 9.59 Å². The molecule has 1 aliphatic carbocycles. The highest BCUT2D eigenvalue weighted by atomic mass is 16.5. The molecule has 0 aromatic heterocycles. The van der Waals surface area contributed by atoms with Crippen molar-refractivity contribution in [3.05, 3.63) is 77.4 Å². The highest BCUT2D eigenvalue weighted by molar-refractivity contribution is 6.12. The number of carbonyl (C=O) groups excluding carboxylic acids is 2. The van der Waals surface area contributed by atoms with Crippen LogP contribution in [-0.4, -0.2) is 49.9 Å². The minimum atomic E-state index is -0.231. The van der Waals surface area contributed by atoms with Crippen molar-refractivity contribution in [1.82, 2.24) is 4.90 Å². The number of fused-ring (bicyclic) bond motifs is 1. The lowest BCUT2D eigenvalue weighted by Crippen LogP contribution is -2.25. The number of rotatable bonds is 9. The summed E-state index contributed by atoms with van der Waals surface area (Å²) >= 11 is 0. The number of likely N-dealkylation sites (tertiary alicyclic amines) is 1. The lowest BCUT2D eigenvalue weighted by Gasteiger charge is -2.17. The van der Waals surface area contributed by atoms with Crippen LogP contribution in [-0.2, 0) is 6.42 Å². The predicted octanol–water partition coefficient (Wildman–Crippen LogP) is 5.33. The van der Waals surface area contributed by atoms with Crippen LogP contribution in [0.5, 0.6) is 5.75 Å². The summed E-state index contributed by atoms with van der Waals surface area (Å²) < 4.78 is 5.44. The molecule has 3 aromatic carbocycles. The maximum Gasteiger partial charge on any atom is 0.255 e. The lowest BCUT2D eigenvalue weighted by molar-refractivity contribution is 0.0995. The normalized spacial score (nSPS) is 15.0. The second-order valence-corrected chi connectivity index (χ2v) is 9.27. The number of benzene rings is 3. The summed E-state index contributed by atoms with van der Waals surface area (Å²) in [6.07, 6.45) is 3.65. The molecule has 1 aliphatic heterocycles. The summed E-state index contributed by atoms with van der Waals surface area (Å²) in [6, 6.07) is 18.8. The second-order valence-electron chi connectivity index (χ2n) is 9.27. The molecular weight excluding hydrogens is 452 g/mol. The Labute approximate surface area is 211 Å². The van der Waals surface area contributed by atoms with E-state index >= 15 is 0 Å². The topological polar surface area (TPSA) is 82.7 Å². The van der Waals surface area contributed by atoms with Gasteiger partial charge in [-0.05, 0) is 86.4 Å². The van der Waals surface area contributed by atoms with Crippen LogP contribution in [0.15, 0.2) is 60.7 Å². The summed E-state index contributed by atoms with van der Waals surface area (Å²) in [5, 5.41) is 9.79. The molecule has 0 radical (unpaired) electrons. The van der Waals surface area contributed by atoms with Crippen LogP contribution in [0, 0.1) is 0 Å². The van der Waals surface area contributed by atoms with Gasteiger partial charge < -0.3 is 25.6 Å². The van der Waals surface area contributed by atoms with Gasteiger partial charge in [0, 0.05) is 42.0 Å². The Morgan fingerprint density at radius 3 is 2.44 bits per heavy atom. The molecule has 1 amide bonds. The van der Waals surface area contributed by atoms with E-state index in [1.54, 1.807) is 13.2 Å². The Bertz CT molecular complexity index is 1250. The number of hydrogen-bond donors (Lipinski definition) is 3. The van der Waals surface area contributed by atoms with Crippen molar-refractivity contribution in [2.45, 2.75) is 25.7 Å². The number of ether oxygens (including phenoxy) is 1. The fourth-order valence-electron chi connectivity index (χ4n) is 5.00. The van der Waals surface area contributed by atoms with E-state index in [4.69, 9.17) is 4.74 Å². The third-order valence-corrected chi connectivity index (χ3v) is 6.92. The van der Waals surface area contributed by atoms with Crippen LogP contribution in [0.3, 0.4) is 0 Å². The monoisotopic (exact) mass is 484 g/mol. The molecule has 0 saturated carbocycles. The van der Waals surface area contributed by atoms with Crippen LogP contribution < -0.4 is 20.7 Å². The van der Waals surface area contributed by atoms with Crippen molar-refractivity contribution in [2.75, 3.05) is 49.2 Å². The van der Waals surface area contributed by atoms with E-state index in [1.165, 1.54) is 25.9 Å². The van der Waals surface area contributed by atoms with E-state index in [-0.39, 0.29) is 11.7 Å². The largest absolute Gasteiger partial charge is 0.495 e. The fourth-order valence-corrected chi connectivity index (χ4v) is 5.00. The number of para-hydroxylation sites is 2. The minimum absolute atomic E-state index is 0.0431. The minimum Gasteiger partial charge on any atom is -0.495 e. The van der Waals surface area contributed by atoms with Crippen molar-refractivity contribution in [3.8, 4) is 5.75 Å². The molecule has 186 valence electrons. The van der Waals surface area contributed by atoms with Crippen molar-refractivity contribution in [2.24, 2.45) is 0 Å². The first-order chi connectivity index (χ1) is 17.6. The summed E-state index contributed by atoms with van der Waals surface area (Å²) in [7, 11) is 1.63. The first-order valence-electron chi connectivity index (χ1n) is 12.6. The number of methoxy groups -OCH3 is 1. The molecule has 1 saturated heterocycles. The zero-order valence-corrected chi connectivity index (χ0v) is 20.6. The maximum absolute atomic E-state index is 13.0. The Balaban J connectivity index is 1.27. The van der Waals surface area contributed by atoms with Crippen LogP contribution in [0.1, 0.15) is 45.5 Å². The van der Waals surface area contributed by atoms with Gasteiger partial charge in [0.25, 0.3) is 5.91 Å². The standard InChI is InChI=1S/C29H32N4O3/c1-36-27-7-3-2-6-24(27)31-23-13-14-25(28-22(23)12-15-26(28)34)32-29(35)20-8-10-21(11-9-20)30-16-19-33-17-4-5-18-33/h2-3,6-11,13-14,30-31H,4-5,12,15-19H2,1H3,(H,32,35). The molecule has 7 heteroatoms.